The van der Waals surface area contributed by atoms with Crippen LogP contribution in [0.5, 0.6) is 0 Å². The van der Waals surface area contributed by atoms with Gasteiger partial charge >= 0.3 is 15.6 Å². The Hall–Kier alpha value is -1.05. The van der Waals surface area contributed by atoms with Crippen molar-refractivity contribution < 1.29 is 25.8 Å². The van der Waals surface area contributed by atoms with Crippen molar-refractivity contribution >= 4 is 16.0 Å². The van der Waals surface area contributed by atoms with E-state index in [2.05, 4.69) is 9.18 Å². The number of dihydropyridines is 1. The summed E-state index contributed by atoms with van der Waals surface area (Å²) in [4.78, 5) is 3.46. The SMILES string of the molecule is O=S(=O)(OC1=NCCC=C1)C(F)(F)F. The molecule has 0 aromatic rings. The van der Waals surface area contributed by atoms with Crippen LogP contribution in [0.25, 0.3) is 0 Å². The fraction of sp³-hybridized carbons (Fsp3) is 0.500. The van der Waals surface area contributed by atoms with Crippen molar-refractivity contribution in [2.24, 2.45) is 4.99 Å². The third kappa shape index (κ3) is 2.47. The van der Waals surface area contributed by atoms with Crippen molar-refractivity contribution in [3.05, 3.63) is 12.2 Å². The summed E-state index contributed by atoms with van der Waals surface area (Å²) in [5.41, 5.74) is -5.42. The van der Waals surface area contributed by atoms with E-state index >= 15 is 0 Å². The second-order valence-corrected chi connectivity index (χ2v) is 3.93. The van der Waals surface area contributed by atoms with Gasteiger partial charge in [0.2, 0.25) is 5.90 Å². The molecule has 0 atom stereocenters. The predicted molar refractivity (Wildman–Crippen MR) is 42.1 cm³/mol. The molecule has 8 heteroatoms. The van der Waals surface area contributed by atoms with Gasteiger partial charge in [-0.15, -0.1) is 0 Å². The highest BCUT2D eigenvalue weighted by Crippen LogP contribution is 2.25. The lowest BCUT2D eigenvalue weighted by Gasteiger charge is -2.10. The Morgan fingerprint density at radius 2 is 2.07 bits per heavy atom. The van der Waals surface area contributed by atoms with Crippen molar-refractivity contribution in [3.63, 3.8) is 0 Å². The average Bonchev–Trinajstić information content (AvgIpc) is 2.03. The summed E-state index contributed by atoms with van der Waals surface area (Å²) in [6, 6.07) is 0. The lowest BCUT2D eigenvalue weighted by molar-refractivity contribution is -0.0504. The molecular formula is C6H6F3NO3S. The number of rotatable bonds is 1. The average molecular weight is 229 g/mol. The van der Waals surface area contributed by atoms with Crippen LogP contribution in [-0.4, -0.2) is 26.4 Å². The van der Waals surface area contributed by atoms with Gasteiger partial charge in [-0.3, -0.25) is 4.99 Å². The van der Waals surface area contributed by atoms with E-state index < -0.39 is 21.5 Å². The summed E-state index contributed by atoms with van der Waals surface area (Å²) in [6.45, 7) is 0.221. The van der Waals surface area contributed by atoms with E-state index in [0.717, 1.165) is 6.08 Å². The fourth-order valence-corrected chi connectivity index (χ4v) is 1.13. The van der Waals surface area contributed by atoms with Crippen LogP contribution in [0.2, 0.25) is 0 Å². The maximum atomic E-state index is 11.8. The molecule has 0 unspecified atom stereocenters. The Labute approximate surface area is 78.2 Å². The minimum absolute atomic E-state index is 0.221. The topological polar surface area (TPSA) is 55.7 Å². The van der Waals surface area contributed by atoms with Crippen LogP contribution in [0.1, 0.15) is 6.42 Å². The molecule has 1 rings (SSSR count). The van der Waals surface area contributed by atoms with Crippen molar-refractivity contribution in [1.82, 2.24) is 0 Å². The number of hydrogen-bond donors (Lipinski definition) is 0. The normalized spacial score (nSPS) is 17.8. The van der Waals surface area contributed by atoms with Gasteiger partial charge in [0.1, 0.15) is 0 Å². The molecule has 0 saturated heterocycles. The van der Waals surface area contributed by atoms with Gasteiger partial charge in [0.05, 0.1) is 0 Å². The quantitative estimate of drug-likeness (QED) is 0.501. The number of aliphatic imine (C=N–C) groups is 1. The smallest absolute Gasteiger partial charge is 0.356 e. The Morgan fingerprint density at radius 3 is 2.50 bits per heavy atom. The summed E-state index contributed by atoms with van der Waals surface area (Å²) in [5, 5.41) is 0. The largest absolute Gasteiger partial charge is 0.534 e. The van der Waals surface area contributed by atoms with Crippen molar-refractivity contribution in [2.75, 3.05) is 6.54 Å². The highest BCUT2D eigenvalue weighted by atomic mass is 32.2. The van der Waals surface area contributed by atoms with Crippen LogP contribution in [0.4, 0.5) is 13.2 Å². The molecule has 1 aliphatic heterocycles. The lowest BCUT2D eigenvalue weighted by Crippen LogP contribution is -2.28. The van der Waals surface area contributed by atoms with Crippen LogP contribution < -0.4 is 0 Å². The van der Waals surface area contributed by atoms with Gasteiger partial charge in [0.15, 0.2) is 0 Å². The number of nitrogens with zero attached hydrogens (tertiary/aromatic N) is 1. The molecule has 1 heterocycles. The van der Waals surface area contributed by atoms with Gasteiger partial charge in [-0.05, 0) is 12.5 Å². The lowest BCUT2D eigenvalue weighted by atomic mass is 10.3. The van der Waals surface area contributed by atoms with Gasteiger partial charge in [0.25, 0.3) is 0 Å². The molecule has 14 heavy (non-hydrogen) atoms. The highest BCUT2D eigenvalue weighted by molar-refractivity contribution is 7.88. The Morgan fingerprint density at radius 1 is 1.43 bits per heavy atom. The second-order valence-electron chi connectivity index (χ2n) is 2.39. The molecule has 0 aromatic heterocycles. The van der Waals surface area contributed by atoms with Crippen LogP contribution in [0, 0.1) is 0 Å². The standard InChI is InChI=1S/C6H6F3NO3S/c7-6(8,9)14(11,12)13-5-3-1-2-4-10-5/h1,3H,2,4H2. The first-order valence-corrected chi connectivity index (χ1v) is 4.95. The summed E-state index contributed by atoms with van der Waals surface area (Å²) >= 11 is 0. The number of hydrogen-bond acceptors (Lipinski definition) is 4. The molecule has 0 aromatic carbocycles. The van der Waals surface area contributed by atoms with E-state index in [-0.39, 0.29) is 6.54 Å². The monoisotopic (exact) mass is 229 g/mol. The molecule has 0 bridgehead atoms. The molecule has 80 valence electrons. The zero-order valence-corrected chi connectivity index (χ0v) is 7.60. The van der Waals surface area contributed by atoms with Crippen molar-refractivity contribution in [1.29, 1.82) is 0 Å². The summed E-state index contributed by atoms with van der Waals surface area (Å²) in [6.07, 6.45) is 3.12. The molecule has 0 N–H and O–H groups in total. The van der Waals surface area contributed by atoms with Gasteiger partial charge in [-0.1, -0.05) is 6.08 Å². The van der Waals surface area contributed by atoms with E-state index in [1.54, 1.807) is 0 Å². The third-order valence-corrected chi connectivity index (χ3v) is 2.26. The molecule has 0 radical (unpaired) electrons. The molecule has 0 amide bonds. The van der Waals surface area contributed by atoms with Crippen LogP contribution in [-0.2, 0) is 14.3 Å². The van der Waals surface area contributed by atoms with Gasteiger partial charge < -0.3 is 4.18 Å². The third-order valence-electron chi connectivity index (χ3n) is 1.30. The maximum Gasteiger partial charge on any atom is 0.534 e. The fourth-order valence-electron chi connectivity index (χ4n) is 0.700. The molecule has 0 spiro atoms. The molecule has 4 nitrogen and oxygen atoms in total. The molecule has 0 fully saturated rings. The zero-order chi connectivity index (χ0) is 10.8. The summed E-state index contributed by atoms with van der Waals surface area (Å²) in [7, 11) is -5.58. The van der Waals surface area contributed by atoms with Crippen LogP contribution in [0.3, 0.4) is 0 Å². The highest BCUT2D eigenvalue weighted by Gasteiger charge is 2.49. The zero-order valence-electron chi connectivity index (χ0n) is 6.78. The van der Waals surface area contributed by atoms with Gasteiger partial charge in [-0.25, -0.2) is 0 Å². The molecule has 0 saturated carbocycles. The van der Waals surface area contributed by atoms with Crippen LogP contribution in [0.15, 0.2) is 17.1 Å². The number of alkyl halides is 3. The predicted octanol–water partition coefficient (Wildman–Crippen LogP) is 1.21. The van der Waals surface area contributed by atoms with Crippen molar-refractivity contribution in [2.45, 2.75) is 11.9 Å². The van der Waals surface area contributed by atoms with E-state index in [9.17, 15) is 21.6 Å². The Kier molecular flexibility index (Phi) is 2.84. The minimum atomic E-state index is -5.58. The first kappa shape index (κ1) is 11.0. The van der Waals surface area contributed by atoms with E-state index in [1.165, 1.54) is 6.08 Å². The molecule has 1 aliphatic rings. The van der Waals surface area contributed by atoms with E-state index in [1.807, 2.05) is 0 Å². The van der Waals surface area contributed by atoms with Gasteiger partial charge in [-0.2, -0.15) is 21.6 Å². The summed E-state index contributed by atoms with van der Waals surface area (Å²) < 4.78 is 60.1. The number of halogens is 3. The minimum Gasteiger partial charge on any atom is -0.356 e. The Balaban J connectivity index is 2.79. The summed E-state index contributed by atoms with van der Waals surface area (Å²) in [5.74, 6) is -0.534. The Bertz CT molecular complexity index is 368. The second kappa shape index (κ2) is 3.60. The first-order chi connectivity index (χ1) is 6.33. The van der Waals surface area contributed by atoms with Gasteiger partial charge in [0, 0.05) is 6.54 Å². The molecule has 0 aliphatic carbocycles. The van der Waals surface area contributed by atoms with E-state index in [4.69, 9.17) is 0 Å². The van der Waals surface area contributed by atoms with Crippen LogP contribution >= 0.6 is 0 Å². The maximum absolute atomic E-state index is 11.8. The molecular weight excluding hydrogens is 223 g/mol. The van der Waals surface area contributed by atoms with Crippen molar-refractivity contribution in [3.8, 4) is 0 Å². The van der Waals surface area contributed by atoms with E-state index in [0.29, 0.717) is 6.42 Å². The first-order valence-electron chi connectivity index (χ1n) is 3.55.